The predicted molar refractivity (Wildman–Crippen MR) is 102 cm³/mol. The summed E-state index contributed by atoms with van der Waals surface area (Å²) < 4.78 is 0. The smallest absolute Gasteiger partial charge is 0.00772 e. The summed E-state index contributed by atoms with van der Waals surface area (Å²) in [6.45, 7) is 4.56. The molecule has 1 saturated heterocycles. The van der Waals surface area contributed by atoms with Crippen LogP contribution in [-0.2, 0) is 19.3 Å². The zero-order valence-electron chi connectivity index (χ0n) is 14.3. The number of allylic oxidation sites excluding steroid dienone is 8. The third kappa shape index (κ3) is 3.17. The van der Waals surface area contributed by atoms with Gasteiger partial charge in [-0.1, -0.05) is 48.6 Å². The molecule has 5 rings (SSSR count). The molecule has 0 aromatic heterocycles. The van der Waals surface area contributed by atoms with Crippen LogP contribution in [0, 0.1) is 0 Å². The molecule has 0 unspecified atom stereocenters. The first-order valence-corrected chi connectivity index (χ1v) is 9.20. The van der Waals surface area contributed by atoms with Crippen molar-refractivity contribution in [3.8, 4) is 0 Å². The van der Waals surface area contributed by atoms with Crippen LogP contribution in [0.15, 0.2) is 54.2 Å². The number of rotatable bonds is 0. The zero-order chi connectivity index (χ0) is 16.2. The summed E-state index contributed by atoms with van der Waals surface area (Å²) in [5.41, 5.74) is 9.13. The van der Waals surface area contributed by atoms with Crippen molar-refractivity contribution in [2.24, 2.45) is 0 Å². The van der Waals surface area contributed by atoms with Gasteiger partial charge in [0.15, 0.2) is 0 Å². The lowest BCUT2D eigenvalue weighted by Gasteiger charge is -2.26. The van der Waals surface area contributed by atoms with Gasteiger partial charge in [-0.05, 0) is 59.1 Å². The van der Waals surface area contributed by atoms with E-state index in [1.54, 1.807) is 11.1 Å². The van der Waals surface area contributed by atoms with E-state index in [-0.39, 0.29) is 0 Å². The summed E-state index contributed by atoms with van der Waals surface area (Å²) in [5.74, 6) is 0. The summed E-state index contributed by atoms with van der Waals surface area (Å²) in [5, 5.41) is 6.44. The van der Waals surface area contributed by atoms with Crippen molar-refractivity contribution in [1.82, 2.24) is 10.6 Å². The van der Waals surface area contributed by atoms with E-state index in [1.165, 1.54) is 22.3 Å². The van der Waals surface area contributed by atoms with Gasteiger partial charge >= 0.3 is 0 Å². The minimum Gasteiger partial charge on any atom is -0.314 e. The van der Waals surface area contributed by atoms with Crippen LogP contribution in [0.3, 0.4) is 0 Å². The third-order valence-electron chi connectivity index (χ3n) is 5.24. The topological polar surface area (TPSA) is 24.1 Å². The Bertz CT molecular complexity index is 719. The molecule has 2 N–H and O–H groups in total. The normalized spacial score (nSPS) is 20.7. The molecule has 1 aromatic carbocycles. The Hall–Kier alpha value is -1.90. The molecule has 2 heteroatoms. The summed E-state index contributed by atoms with van der Waals surface area (Å²) in [6.07, 6.45) is 18.2. The van der Waals surface area contributed by atoms with Crippen molar-refractivity contribution in [3.63, 3.8) is 0 Å². The highest BCUT2D eigenvalue weighted by Gasteiger charge is 2.21. The first-order valence-electron chi connectivity index (χ1n) is 9.20. The van der Waals surface area contributed by atoms with Crippen LogP contribution in [0.25, 0.3) is 5.57 Å². The Kier molecular flexibility index (Phi) is 4.77. The van der Waals surface area contributed by atoms with E-state index in [0.717, 1.165) is 51.9 Å². The average molecular weight is 318 g/mol. The predicted octanol–water partition coefficient (Wildman–Crippen LogP) is 3.35. The number of piperazine rings is 1. The highest BCUT2D eigenvalue weighted by atomic mass is 15.0. The molecule has 1 heterocycles. The summed E-state index contributed by atoms with van der Waals surface area (Å²) in [7, 11) is 0. The molecule has 24 heavy (non-hydrogen) atoms. The fraction of sp³-hybridized carbons (Fsp3) is 0.364. The van der Waals surface area contributed by atoms with Gasteiger partial charge in [0.05, 0.1) is 0 Å². The Morgan fingerprint density at radius 3 is 2.29 bits per heavy atom. The second-order valence-corrected chi connectivity index (χ2v) is 6.76. The van der Waals surface area contributed by atoms with Crippen LogP contribution >= 0.6 is 0 Å². The lowest BCUT2D eigenvalue weighted by Crippen LogP contribution is -2.39. The fourth-order valence-electron chi connectivity index (χ4n) is 3.95. The second-order valence-electron chi connectivity index (χ2n) is 6.76. The van der Waals surface area contributed by atoms with Crippen LogP contribution < -0.4 is 10.6 Å². The van der Waals surface area contributed by atoms with E-state index in [1.807, 2.05) is 0 Å². The molecule has 2 nitrogen and oxygen atoms in total. The van der Waals surface area contributed by atoms with E-state index in [4.69, 9.17) is 0 Å². The number of benzene rings is 1. The first kappa shape index (κ1) is 15.6. The van der Waals surface area contributed by atoms with Crippen LogP contribution in [0.1, 0.15) is 28.7 Å². The quantitative estimate of drug-likeness (QED) is 0.717. The van der Waals surface area contributed by atoms with Crippen molar-refractivity contribution in [1.29, 1.82) is 0 Å². The van der Waals surface area contributed by atoms with E-state index >= 15 is 0 Å². The van der Waals surface area contributed by atoms with Gasteiger partial charge in [-0.15, -0.1) is 0 Å². The van der Waals surface area contributed by atoms with Crippen LogP contribution in [0.4, 0.5) is 0 Å². The molecule has 3 aliphatic carbocycles. The molecule has 0 spiro atoms. The monoisotopic (exact) mass is 318 g/mol. The molecule has 0 radical (unpaired) electrons. The van der Waals surface area contributed by atoms with Crippen LogP contribution in [0.2, 0.25) is 0 Å². The van der Waals surface area contributed by atoms with Crippen molar-refractivity contribution >= 4 is 5.57 Å². The number of fused-ring (bicyclic) bond motifs is 5. The zero-order valence-corrected chi connectivity index (χ0v) is 14.3. The van der Waals surface area contributed by atoms with Crippen molar-refractivity contribution < 1.29 is 0 Å². The molecule has 1 aromatic rings. The fourth-order valence-corrected chi connectivity index (χ4v) is 3.95. The third-order valence-corrected chi connectivity index (χ3v) is 5.24. The molecule has 1 fully saturated rings. The van der Waals surface area contributed by atoms with Crippen molar-refractivity contribution in [2.45, 2.75) is 25.7 Å². The van der Waals surface area contributed by atoms with Gasteiger partial charge in [-0.3, -0.25) is 0 Å². The van der Waals surface area contributed by atoms with Crippen molar-refractivity contribution in [2.75, 3.05) is 26.2 Å². The maximum Gasteiger partial charge on any atom is 0.00772 e. The van der Waals surface area contributed by atoms with E-state index in [0.29, 0.717) is 0 Å². The maximum absolute atomic E-state index is 3.22. The Labute approximate surface area is 145 Å². The molecule has 0 amide bonds. The minimum atomic E-state index is 1.10. The number of hydrogen-bond donors (Lipinski definition) is 2. The highest BCUT2D eigenvalue weighted by Crippen LogP contribution is 2.38. The molecule has 0 saturated carbocycles. The van der Waals surface area contributed by atoms with Gasteiger partial charge < -0.3 is 10.6 Å². The molecular weight excluding hydrogens is 292 g/mol. The lowest BCUT2D eigenvalue weighted by molar-refractivity contribution is 0.534. The van der Waals surface area contributed by atoms with Gasteiger partial charge in [-0.2, -0.15) is 0 Å². The Morgan fingerprint density at radius 2 is 1.50 bits per heavy atom. The largest absolute Gasteiger partial charge is 0.314 e. The van der Waals surface area contributed by atoms with Gasteiger partial charge in [-0.25, -0.2) is 0 Å². The van der Waals surface area contributed by atoms with Gasteiger partial charge in [0, 0.05) is 26.2 Å². The first-order chi connectivity index (χ1) is 11.9. The van der Waals surface area contributed by atoms with Crippen LogP contribution in [-0.4, -0.2) is 26.2 Å². The summed E-state index contributed by atoms with van der Waals surface area (Å²) in [6, 6.07) is 4.67. The molecule has 1 aliphatic heterocycles. The number of hydrogen-bond acceptors (Lipinski definition) is 2. The molecule has 4 aliphatic rings. The Morgan fingerprint density at radius 1 is 0.708 bits per heavy atom. The molecule has 124 valence electrons. The SMILES string of the molecule is C1=CCC2=CCc3c(ccc4c3CC=CC4)C2=C1.C1CNCCN1. The summed E-state index contributed by atoms with van der Waals surface area (Å²) >= 11 is 0. The van der Waals surface area contributed by atoms with Gasteiger partial charge in [0.2, 0.25) is 0 Å². The van der Waals surface area contributed by atoms with Gasteiger partial charge in [0.25, 0.3) is 0 Å². The lowest BCUT2D eigenvalue weighted by atomic mass is 9.78. The van der Waals surface area contributed by atoms with Crippen LogP contribution in [0.5, 0.6) is 0 Å². The molecule has 0 atom stereocenters. The minimum absolute atomic E-state index is 1.10. The number of nitrogens with one attached hydrogen (secondary N) is 2. The summed E-state index contributed by atoms with van der Waals surface area (Å²) in [4.78, 5) is 0. The highest BCUT2D eigenvalue weighted by molar-refractivity contribution is 5.85. The van der Waals surface area contributed by atoms with E-state index in [2.05, 4.69) is 59.2 Å². The molecular formula is C22H26N2. The van der Waals surface area contributed by atoms with E-state index in [9.17, 15) is 0 Å². The maximum atomic E-state index is 3.22. The molecule has 0 bridgehead atoms. The average Bonchev–Trinajstić information content (AvgIpc) is 2.69. The standard InChI is InChI=1S/C18H16.C4H10N2/c1-3-7-15-13(5-1)9-11-18-16-8-4-2-6-14(16)10-12-17(15)18;1-2-6-4-3-5-1/h1-4,7,9-10,12H,5-6,8,11H2;5-6H,1-4H2. The Balaban J connectivity index is 0.000000207. The van der Waals surface area contributed by atoms with E-state index < -0.39 is 0 Å². The second kappa shape index (κ2) is 7.33. The van der Waals surface area contributed by atoms with Crippen molar-refractivity contribution in [3.05, 3.63) is 76.4 Å². The van der Waals surface area contributed by atoms with Gasteiger partial charge in [0.1, 0.15) is 0 Å².